The number of rotatable bonds is 5. The Balaban J connectivity index is 1.26. The predicted molar refractivity (Wildman–Crippen MR) is 120 cm³/mol. The summed E-state index contributed by atoms with van der Waals surface area (Å²) < 4.78 is 98.2. The number of hydrogen-bond donors (Lipinski definition) is 1. The van der Waals surface area contributed by atoms with Crippen LogP contribution in [0.2, 0.25) is 0 Å². The molecule has 1 unspecified atom stereocenters. The number of hydrogen-bond acceptors (Lipinski definition) is 2. The highest BCUT2D eigenvalue weighted by atomic mass is 19.4. The van der Waals surface area contributed by atoms with Crippen LogP contribution in [0.4, 0.5) is 30.7 Å². The third-order valence-corrected chi connectivity index (χ3v) is 11.9. The summed E-state index contributed by atoms with van der Waals surface area (Å²) in [6.45, 7) is 6.54. The van der Waals surface area contributed by atoms with Crippen molar-refractivity contribution in [2.75, 3.05) is 0 Å². The van der Waals surface area contributed by atoms with E-state index >= 15 is 0 Å². The van der Waals surface area contributed by atoms with Gasteiger partial charge in [0.25, 0.3) is 5.67 Å². The fourth-order valence-electron chi connectivity index (χ4n) is 9.95. The van der Waals surface area contributed by atoms with Gasteiger partial charge in [0, 0.05) is 11.8 Å². The quantitative estimate of drug-likeness (QED) is 0.292. The number of aliphatic hydroxyl groups excluding tert-OH is 1. The highest BCUT2D eigenvalue weighted by molar-refractivity contribution is 5.24. The smallest absolute Gasteiger partial charge is 0.393 e. The van der Waals surface area contributed by atoms with Gasteiger partial charge in [0.2, 0.25) is 0 Å². The van der Waals surface area contributed by atoms with Crippen molar-refractivity contribution in [3.05, 3.63) is 0 Å². The van der Waals surface area contributed by atoms with E-state index in [9.17, 15) is 35.8 Å². The molecule has 0 amide bonds. The molecule has 2 nitrogen and oxygen atoms in total. The zero-order chi connectivity index (χ0) is 26.5. The Morgan fingerprint density at radius 3 is 2.22 bits per heavy atom. The number of aliphatic hydroxyl groups is 1. The topological polar surface area (TPSA) is 32.8 Å². The molecule has 36 heavy (non-hydrogen) atoms. The summed E-state index contributed by atoms with van der Waals surface area (Å²) in [6, 6.07) is 0. The maximum Gasteiger partial charge on any atom is 0.431 e. The first-order valence-corrected chi connectivity index (χ1v) is 13.7. The number of ether oxygens (including phenoxy) is 1. The molecule has 0 radical (unpaired) electrons. The van der Waals surface area contributed by atoms with Crippen LogP contribution in [0.25, 0.3) is 0 Å². The largest absolute Gasteiger partial charge is 0.431 e. The maximum atomic E-state index is 14.1. The molecule has 5 fully saturated rings. The summed E-state index contributed by atoms with van der Waals surface area (Å²) >= 11 is 0. The molecule has 4 saturated carbocycles. The van der Waals surface area contributed by atoms with E-state index in [0.29, 0.717) is 24.2 Å². The van der Waals surface area contributed by atoms with Crippen LogP contribution < -0.4 is 0 Å². The van der Waals surface area contributed by atoms with Crippen LogP contribution in [0.1, 0.15) is 91.4 Å². The minimum Gasteiger partial charge on any atom is -0.393 e. The van der Waals surface area contributed by atoms with Crippen molar-refractivity contribution in [2.45, 2.75) is 127 Å². The lowest BCUT2D eigenvalue weighted by molar-refractivity contribution is -0.343. The molecule has 1 N–H and O–H groups in total. The Hall–Kier alpha value is -0.570. The van der Waals surface area contributed by atoms with Gasteiger partial charge in [-0.1, -0.05) is 27.2 Å². The van der Waals surface area contributed by atoms with Crippen LogP contribution in [0, 0.1) is 40.4 Å². The standard InChI is InChI=1S/C27H39F7O2/c1-15(5-4-10-25(28,26(29,30)31)27(32,33)34)18-6-7-19-17-13-21-24(36-21)14-16(35)8-12-23(24,3)20(17)9-11-22(18,19)2/h15-21,35H,4-14H2,1-3H3/t15-,16?,17+,18-,19+,20+,21+,22-,23-,24+/m1/s1. The van der Waals surface area contributed by atoms with Gasteiger partial charge in [-0.25, -0.2) is 4.39 Å². The number of alkyl halides is 7. The number of halogens is 7. The fraction of sp³-hybridized carbons (Fsp3) is 1.00. The van der Waals surface area contributed by atoms with Gasteiger partial charge in [-0.3, -0.25) is 0 Å². The molecule has 5 aliphatic rings. The maximum absolute atomic E-state index is 14.1. The van der Waals surface area contributed by atoms with E-state index in [1.807, 2.05) is 6.92 Å². The lowest BCUT2D eigenvalue weighted by atomic mass is 9.44. The average Bonchev–Trinajstić information content (AvgIpc) is 3.33. The van der Waals surface area contributed by atoms with E-state index in [0.717, 1.165) is 44.9 Å². The van der Waals surface area contributed by atoms with Gasteiger partial charge < -0.3 is 9.84 Å². The molecule has 0 aromatic heterocycles. The average molecular weight is 529 g/mol. The van der Waals surface area contributed by atoms with Crippen LogP contribution in [0.3, 0.4) is 0 Å². The number of fused-ring (bicyclic) bond motifs is 4. The van der Waals surface area contributed by atoms with Gasteiger partial charge in [0.1, 0.15) is 5.60 Å². The predicted octanol–water partition coefficient (Wildman–Crippen LogP) is 7.78. The third kappa shape index (κ3) is 3.63. The van der Waals surface area contributed by atoms with Crippen LogP contribution >= 0.6 is 0 Å². The Kier molecular flexibility index (Phi) is 6.17. The van der Waals surface area contributed by atoms with E-state index in [2.05, 4.69) is 13.8 Å². The monoisotopic (exact) mass is 528 g/mol. The summed E-state index contributed by atoms with van der Waals surface area (Å²) in [5, 5.41) is 10.3. The normalized spacial score (nSPS) is 47.4. The van der Waals surface area contributed by atoms with E-state index in [-0.39, 0.29) is 46.9 Å². The van der Waals surface area contributed by atoms with Crippen molar-refractivity contribution < 1.29 is 40.6 Å². The second-order valence-corrected chi connectivity index (χ2v) is 13.3. The summed E-state index contributed by atoms with van der Waals surface area (Å²) in [5.74, 6) is 1.61. The molecular weight excluding hydrogens is 489 g/mol. The molecule has 0 aromatic carbocycles. The van der Waals surface area contributed by atoms with Crippen molar-refractivity contribution in [3.8, 4) is 0 Å². The molecule has 1 aliphatic heterocycles. The molecule has 1 saturated heterocycles. The SMILES string of the molecule is C[C@H](CCCC(F)(C(F)(F)F)C(F)(F)F)[C@H]1CC[C@H]2[C@@H]3C[C@@H]4O[C@@]45CC(O)CC[C@]5(C)[C@H]3CC[C@]12C. The Labute approximate surface area is 208 Å². The van der Waals surface area contributed by atoms with E-state index in [1.54, 1.807) is 0 Å². The summed E-state index contributed by atoms with van der Waals surface area (Å²) in [7, 11) is 0. The minimum absolute atomic E-state index is 0.0130. The van der Waals surface area contributed by atoms with Gasteiger partial charge >= 0.3 is 12.4 Å². The molecule has 0 bridgehead atoms. The molecule has 1 heterocycles. The van der Waals surface area contributed by atoms with Crippen molar-refractivity contribution in [1.82, 2.24) is 0 Å². The fourth-order valence-corrected chi connectivity index (χ4v) is 9.95. The minimum atomic E-state index is -5.97. The van der Waals surface area contributed by atoms with Crippen molar-refractivity contribution in [1.29, 1.82) is 0 Å². The summed E-state index contributed by atoms with van der Waals surface area (Å²) in [4.78, 5) is 0. The lowest BCUT2D eigenvalue weighted by Gasteiger charge is -2.59. The molecular formula is C27H39F7O2. The van der Waals surface area contributed by atoms with Gasteiger partial charge in [-0.15, -0.1) is 0 Å². The highest BCUT2D eigenvalue weighted by Gasteiger charge is 2.76. The first-order chi connectivity index (χ1) is 16.5. The molecule has 5 rings (SSSR count). The third-order valence-electron chi connectivity index (χ3n) is 11.9. The van der Waals surface area contributed by atoms with E-state index < -0.39 is 30.9 Å². The molecule has 1 spiro atoms. The lowest BCUT2D eigenvalue weighted by Crippen LogP contribution is -2.58. The van der Waals surface area contributed by atoms with Crippen molar-refractivity contribution in [3.63, 3.8) is 0 Å². The van der Waals surface area contributed by atoms with Crippen LogP contribution in [-0.4, -0.2) is 40.9 Å². The Morgan fingerprint density at radius 1 is 0.917 bits per heavy atom. The van der Waals surface area contributed by atoms with E-state index in [4.69, 9.17) is 4.74 Å². The molecule has 10 atom stereocenters. The molecule has 9 heteroatoms. The van der Waals surface area contributed by atoms with Crippen LogP contribution in [0.5, 0.6) is 0 Å². The van der Waals surface area contributed by atoms with Crippen molar-refractivity contribution >= 4 is 0 Å². The van der Waals surface area contributed by atoms with Gasteiger partial charge in [0.15, 0.2) is 0 Å². The van der Waals surface area contributed by atoms with Crippen LogP contribution in [0.15, 0.2) is 0 Å². The Morgan fingerprint density at radius 2 is 1.58 bits per heavy atom. The second-order valence-electron chi connectivity index (χ2n) is 13.3. The summed E-state index contributed by atoms with van der Waals surface area (Å²) in [5.41, 5.74) is -5.31. The van der Waals surface area contributed by atoms with Gasteiger partial charge in [-0.2, -0.15) is 26.3 Å². The second kappa shape index (κ2) is 8.22. The Bertz CT molecular complexity index is 844. The van der Waals surface area contributed by atoms with Crippen LogP contribution in [-0.2, 0) is 4.74 Å². The molecule has 0 aromatic rings. The highest BCUT2D eigenvalue weighted by Crippen LogP contribution is 2.74. The summed E-state index contributed by atoms with van der Waals surface area (Å²) in [6.07, 6.45) is -6.51. The zero-order valence-corrected chi connectivity index (χ0v) is 21.3. The van der Waals surface area contributed by atoms with Gasteiger partial charge in [0.05, 0.1) is 12.2 Å². The molecule has 4 aliphatic carbocycles. The number of epoxide rings is 1. The zero-order valence-electron chi connectivity index (χ0n) is 21.3. The van der Waals surface area contributed by atoms with Gasteiger partial charge in [-0.05, 0) is 92.8 Å². The first kappa shape index (κ1) is 27.0. The van der Waals surface area contributed by atoms with Crippen molar-refractivity contribution in [2.24, 2.45) is 40.4 Å². The van der Waals surface area contributed by atoms with E-state index in [1.165, 1.54) is 0 Å². The first-order valence-electron chi connectivity index (χ1n) is 13.7. The molecule has 208 valence electrons.